The van der Waals surface area contributed by atoms with Crippen molar-refractivity contribution in [3.63, 3.8) is 0 Å². The second kappa shape index (κ2) is 7.78. The molecule has 2 fully saturated rings. The van der Waals surface area contributed by atoms with Crippen molar-refractivity contribution in [1.82, 2.24) is 19.8 Å². The highest BCUT2D eigenvalue weighted by molar-refractivity contribution is 5.80. The number of rotatable bonds is 6. The molecule has 2 heterocycles. The summed E-state index contributed by atoms with van der Waals surface area (Å²) < 4.78 is 5.71. The molecular formula is C19H31N5O2. The topological polar surface area (TPSA) is 84.6 Å². The van der Waals surface area contributed by atoms with Gasteiger partial charge in [-0.05, 0) is 52.4 Å². The van der Waals surface area contributed by atoms with E-state index in [9.17, 15) is 4.79 Å². The summed E-state index contributed by atoms with van der Waals surface area (Å²) in [5, 5.41) is 0. The third kappa shape index (κ3) is 4.44. The number of carbonyl (C=O) groups is 1. The number of carbonyl (C=O) groups excluding carboxylic acids is 1. The lowest BCUT2D eigenvalue weighted by molar-refractivity contribution is -0.139. The maximum atomic E-state index is 12.8. The molecule has 1 aromatic heterocycles. The van der Waals surface area contributed by atoms with Gasteiger partial charge in [-0.15, -0.1) is 0 Å². The number of piperidine rings is 1. The lowest BCUT2D eigenvalue weighted by atomic mass is 10.0. The number of nitrogens with zero attached hydrogens (tertiary/aromatic N) is 4. The first-order valence-corrected chi connectivity index (χ1v) is 9.61. The van der Waals surface area contributed by atoms with Gasteiger partial charge in [-0.2, -0.15) is 9.97 Å². The van der Waals surface area contributed by atoms with Crippen LogP contribution < -0.4 is 10.5 Å². The summed E-state index contributed by atoms with van der Waals surface area (Å²) >= 11 is 0. The summed E-state index contributed by atoms with van der Waals surface area (Å²) in [6.45, 7) is 8.76. The second-order valence-corrected chi connectivity index (χ2v) is 7.78. The van der Waals surface area contributed by atoms with Crippen molar-refractivity contribution in [2.24, 2.45) is 5.92 Å². The molecule has 1 aliphatic heterocycles. The Morgan fingerprint density at radius 2 is 1.81 bits per heavy atom. The van der Waals surface area contributed by atoms with Gasteiger partial charge in [-0.3, -0.25) is 4.79 Å². The van der Waals surface area contributed by atoms with Crippen molar-refractivity contribution in [2.45, 2.75) is 58.6 Å². The number of hydrogen-bond donors (Lipinski definition) is 1. The molecule has 0 spiro atoms. The number of nitrogen functional groups attached to an aromatic ring is 1. The van der Waals surface area contributed by atoms with Gasteiger partial charge in [0.1, 0.15) is 0 Å². The van der Waals surface area contributed by atoms with Crippen LogP contribution in [0.5, 0.6) is 6.01 Å². The molecule has 1 unspecified atom stereocenters. The molecule has 144 valence electrons. The molecule has 3 rings (SSSR count). The van der Waals surface area contributed by atoms with Gasteiger partial charge in [0.05, 0.1) is 17.1 Å². The number of anilines is 1. The van der Waals surface area contributed by atoms with Crippen molar-refractivity contribution >= 4 is 11.6 Å². The molecule has 1 aliphatic carbocycles. The first kappa shape index (κ1) is 18.9. The number of nitrogens with two attached hydrogens (primary N) is 1. The van der Waals surface area contributed by atoms with Crippen LogP contribution in [0, 0.1) is 19.8 Å². The minimum absolute atomic E-state index is 0.0265. The Morgan fingerprint density at radius 3 is 2.35 bits per heavy atom. The molecular weight excluding hydrogens is 330 g/mol. The van der Waals surface area contributed by atoms with E-state index in [2.05, 4.69) is 14.9 Å². The summed E-state index contributed by atoms with van der Waals surface area (Å²) in [4.78, 5) is 25.6. The van der Waals surface area contributed by atoms with Gasteiger partial charge < -0.3 is 20.3 Å². The minimum atomic E-state index is -0.619. The van der Waals surface area contributed by atoms with Gasteiger partial charge in [0.25, 0.3) is 5.91 Å². The molecule has 2 N–H and O–H groups in total. The molecule has 1 amide bonds. The number of ether oxygens (including phenoxy) is 1. The first-order valence-electron chi connectivity index (χ1n) is 9.61. The quantitative estimate of drug-likeness (QED) is 0.831. The predicted molar refractivity (Wildman–Crippen MR) is 101 cm³/mol. The Balaban J connectivity index is 1.52. The maximum absolute atomic E-state index is 12.8. The number of aryl methyl sites for hydroxylation is 2. The molecule has 0 bridgehead atoms. The van der Waals surface area contributed by atoms with Crippen LogP contribution in [-0.2, 0) is 4.79 Å². The fraction of sp³-hybridized carbons (Fsp3) is 0.737. The largest absolute Gasteiger partial charge is 0.450 e. The van der Waals surface area contributed by atoms with Crippen LogP contribution in [0.1, 0.15) is 44.0 Å². The number of likely N-dealkylation sites (tertiary alicyclic amines) is 1. The molecule has 1 saturated heterocycles. The normalized spacial score (nSPS) is 20.0. The lowest BCUT2D eigenvalue weighted by Crippen LogP contribution is -2.49. The van der Waals surface area contributed by atoms with Crippen molar-refractivity contribution in [3.8, 4) is 6.01 Å². The molecule has 0 aromatic carbocycles. The summed E-state index contributed by atoms with van der Waals surface area (Å²) in [5.74, 6) is 0.896. The van der Waals surface area contributed by atoms with Gasteiger partial charge in [0.15, 0.2) is 6.10 Å². The van der Waals surface area contributed by atoms with Gasteiger partial charge in [0.2, 0.25) is 0 Å². The zero-order valence-corrected chi connectivity index (χ0v) is 16.4. The zero-order valence-electron chi connectivity index (χ0n) is 16.4. The van der Waals surface area contributed by atoms with E-state index in [4.69, 9.17) is 10.5 Å². The smallest absolute Gasteiger partial charge is 0.317 e. The van der Waals surface area contributed by atoms with Crippen LogP contribution in [0.3, 0.4) is 0 Å². The fourth-order valence-electron chi connectivity index (χ4n) is 3.58. The van der Waals surface area contributed by atoms with Gasteiger partial charge in [-0.1, -0.05) is 0 Å². The van der Waals surface area contributed by atoms with Crippen LogP contribution in [0.2, 0.25) is 0 Å². The Bertz CT molecular complexity index is 630. The number of likely N-dealkylation sites (N-methyl/N-ethyl adjacent to an activating group) is 1. The van der Waals surface area contributed by atoms with E-state index >= 15 is 0 Å². The summed E-state index contributed by atoms with van der Waals surface area (Å²) in [6, 6.07) is 0.488. The second-order valence-electron chi connectivity index (χ2n) is 7.78. The van der Waals surface area contributed by atoms with Gasteiger partial charge in [0, 0.05) is 32.7 Å². The van der Waals surface area contributed by atoms with Crippen molar-refractivity contribution in [1.29, 1.82) is 0 Å². The summed E-state index contributed by atoms with van der Waals surface area (Å²) in [6.07, 6.45) is 4.21. The average Bonchev–Trinajstić information content (AvgIpc) is 3.43. The van der Waals surface area contributed by atoms with E-state index in [1.807, 2.05) is 25.8 Å². The molecule has 1 atom stereocenters. The molecule has 26 heavy (non-hydrogen) atoms. The van der Waals surface area contributed by atoms with Crippen LogP contribution in [0.4, 0.5) is 5.69 Å². The highest BCUT2D eigenvalue weighted by atomic mass is 16.5. The zero-order chi connectivity index (χ0) is 18.8. The molecule has 2 aliphatic rings. The Labute approximate surface area is 155 Å². The Morgan fingerprint density at radius 1 is 1.23 bits per heavy atom. The molecule has 7 heteroatoms. The van der Waals surface area contributed by atoms with Gasteiger partial charge >= 0.3 is 6.01 Å². The standard InChI is InChI=1S/C19H31N5O2/c1-12-17(20)13(2)22-19(21-12)26-14(3)18(25)23(4)16-7-9-24(10-8-16)11-15-5-6-15/h14-16H,5-11,20H2,1-4H3. The third-order valence-electron chi connectivity index (χ3n) is 5.60. The van der Waals surface area contributed by atoms with Crippen molar-refractivity contribution in [3.05, 3.63) is 11.4 Å². The lowest BCUT2D eigenvalue weighted by Gasteiger charge is -2.37. The van der Waals surface area contributed by atoms with Crippen LogP contribution in [-0.4, -0.2) is 64.5 Å². The van der Waals surface area contributed by atoms with Crippen LogP contribution in [0.15, 0.2) is 0 Å². The average molecular weight is 361 g/mol. The highest BCUT2D eigenvalue weighted by Crippen LogP contribution is 2.31. The van der Waals surface area contributed by atoms with E-state index < -0.39 is 6.10 Å². The van der Waals surface area contributed by atoms with E-state index in [0.29, 0.717) is 17.1 Å². The van der Waals surface area contributed by atoms with E-state index in [1.54, 1.807) is 6.92 Å². The van der Waals surface area contributed by atoms with Crippen LogP contribution in [0.25, 0.3) is 0 Å². The molecule has 7 nitrogen and oxygen atoms in total. The van der Waals surface area contributed by atoms with E-state index in [1.165, 1.54) is 19.4 Å². The number of aromatic nitrogens is 2. The Hall–Kier alpha value is -1.89. The number of hydrogen-bond acceptors (Lipinski definition) is 6. The summed E-state index contributed by atoms with van der Waals surface area (Å²) in [7, 11) is 1.88. The number of amides is 1. The monoisotopic (exact) mass is 361 g/mol. The molecule has 1 saturated carbocycles. The maximum Gasteiger partial charge on any atom is 0.317 e. The van der Waals surface area contributed by atoms with E-state index in [0.717, 1.165) is 31.8 Å². The fourth-order valence-corrected chi connectivity index (χ4v) is 3.58. The summed E-state index contributed by atoms with van der Waals surface area (Å²) in [5.41, 5.74) is 7.77. The molecule has 0 radical (unpaired) electrons. The van der Waals surface area contributed by atoms with Crippen molar-refractivity contribution in [2.75, 3.05) is 32.4 Å². The highest BCUT2D eigenvalue weighted by Gasteiger charge is 2.31. The molecule has 1 aromatic rings. The van der Waals surface area contributed by atoms with Crippen molar-refractivity contribution < 1.29 is 9.53 Å². The third-order valence-corrected chi connectivity index (χ3v) is 5.60. The van der Waals surface area contributed by atoms with E-state index in [-0.39, 0.29) is 18.0 Å². The predicted octanol–water partition coefficient (Wildman–Crippen LogP) is 1.78. The minimum Gasteiger partial charge on any atom is -0.450 e. The SMILES string of the molecule is Cc1nc(OC(C)C(=O)N(C)C2CCN(CC3CC3)CC2)nc(C)c1N. The van der Waals surface area contributed by atoms with Gasteiger partial charge in [-0.25, -0.2) is 0 Å². The Kier molecular flexibility index (Phi) is 5.65. The first-order chi connectivity index (χ1) is 12.3. The van der Waals surface area contributed by atoms with Crippen LogP contribution >= 0.6 is 0 Å².